The predicted molar refractivity (Wildman–Crippen MR) is 42.8 cm³/mol. The van der Waals surface area contributed by atoms with Gasteiger partial charge in [0.2, 0.25) is 0 Å². The van der Waals surface area contributed by atoms with Crippen LogP contribution in [0.25, 0.3) is 0 Å². The maximum Gasteiger partial charge on any atom is 0.151 e. The lowest BCUT2D eigenvalue weighted by Gasteiger charge is -2.16. The monoisotopic (exact) mass is 165 g/mol. The van der Waals surface area contributed by atoms with Gasteiger partial charge >= 0.3 is 0 Å². The van der Waals surface area contributed by atoms with E-state index < -0.39 is 9.84 Å². The van der Waals surface area contributed by atoms with Crippen LogP contribution in [0, 0.1) is 0 Å². The van der Waals surface area contributed by atoms with Crippen LogP contribution < -0.4 is 5.32 Å². The SMILES string of the molecule is CN[C@@H](C)[C@H](C)S(C)(=O)=O. The zero-order valence-corrected chi connectivity index (χ0v) is 7.70. The summed E-state index contributed by atoms with van der Waals surface area (Å²) in [5.41, 5.74) is 0. The molecule has 3 nitrogen and oxygen atoms in total. The van der Waals surface area contributed by atoms with E-state index in [-0.39, 0.29) is 11.3 Å². The van der Waals surface area contributed by atoms with Crippen LogP contribution in [-0.4, -0.2) is 33.0 Å². The van der Waals surface area contributed by atoms with Crippen LogP contribution >= 0.6 is 0 Å². The lowest BCUT2D eigenvalue weighted by atomic mass is 10.3. The highest BCUT2D eigenvalue weighted by Gasteiger charge is 2.19. The molecule has 0 heterocycles. The summed E-state index contributed by atoms with van der Waals surface area (Å²) < 4.78 is 21.8. The van der Waals surface area contributed by atoms with Crippen molar-refractivity contribution in [3.8, 4) is 0 Å². The van der Waals surface area contributed by atoms with Crippen molar-refractivity contribution in [1.29, 1.82) is 0 Å². The molecule has 0 spiro atoms. The van der Waals surface area contributed by atoms with Crippen LogP contribution in [0.3, 0.4) is 0 Å². The first-order chi connectivity index (χ1) is 4.39. The number of sulfone groups is 1. The zero-order valence-electron chi connectivity index (χ0n) is 6.88. The summed E-state index contributed by atoms with van der Waals surface area (Å²) in [5, 5.41) is 2.58. The molecular weight excluding hydrogens is 150 g/mol. The van der Waals surface area contributed by atoms with E-state index >= 15 is 0 Å². The lowest BCUT2D eigenvalue weighted by molar-refractivity contribution is 0.544. The van der Waals surface area contributed by atoms with E-state index in [1.807, 2.05) is 6.92 Å². The van der Waals surface area contributed by atoms with Gasteiger partial charge in [-0.1, -0.05) is 0 Å². The summed E-state index contributed by atoms with van der Waals surface area (Å²) in [6, 6.07) is 0.0231. The number of nitrogens with one attached hydrogen (secondary N) is 1. The van der Waals surface area contributed by atoms with Gasteiger partial charge in [-0.3, -0.25) is 0 Å². The Bertz CT molecular complexity index is 186. The quantitative estimate of drug-likeness (QED) is 0.641. The van der Waals surface area contributed by atoms with Crippen molar-refractivity contribution in [2.75, 3.05) is 13.3 Å². The largest absolute Gasteiger partial charge is 0.316 e. The van der Waals surface area contributed by atoms with Gasteiger partial charge in [-0.15, -0.1) is 0 Å². The maximum atomic E-state index is 10.9. The topological polar surface area (TPSA) is 46.2 Å². The zero-order chi connectivity index (χ0) is 8.36. The van der Waals surface area contributed by atoms with E-state index in [0.29, 0.717) is 0 Å². The van der Waals surface area contributed by atoms with Gasteiger partial charge in [0.25, 0.3) is 0 Å². The fourth-order valence-corrected chi connectivity index (χ4v) is 1.48. The molecule has 0 fully saturated rings. The van der Waals surface area contributed by atoms with Crippen molar-refractivity contribution >= 4 is 9.84 Å². The highest BCUT2D eigenvalue weighted by atomic mass is 32.2. The van der Waals surface area contributed by atoms with Crippen molar-refractivity contribution in [2.45, 2.75) is 25.1 Å². The smallest absolute Gasteiger partial charge is 0.151 e. The molecule has 0 saturated heterocycles. The first-order valence-corrected chi connectivity index (χ1v) is 5.21. The molecule has 2 atom stereocenters. The Kier molecular flexibility index (Phi) is 3.31. The minimum atomic E-state index is -2.88. The van der Waals surface area contributed by atoms with Gasteiger partial charge in [0.1, 0.15) is 0 Å². The third-order valence-electron chi connectivity index (χ3n) is 1.83. The lowest BCUT2D eigenvalue weighted by Crippen LogP contribution is -2.37. The van der Waals surface area contributed by atoms with E-state index in [0.717, 1.165) is 0 Å². The van der Waals surface area contributed by atoms with E-state index in [4.69, 9.17) is 0 Å². The average Bonchev–Trinajstić information content (AvgIpc) is 1.83. The van der Waals surface area contributed by atoms with Crippen molar-refractivity contribution in [3.05, 3.63) is 0 Å². The van der Waals surface area contributed by atoms with Gasteiger partial charge in [-0.2, -0.15) is 0 Å². The van der Waals surface area contributed by atoms with Crippen molar-refractivity contribution in [3.63, 3.8) is 0 Å². The predicted octanol–water partition coefficient (Wildman–Crippen LogP) is 0.0274. The molecule has 0 rings (SSSR count). The Morgan fingerprint density at radius 1 is 1.30 bits per heavy atom. The fourth-order valence-electron chi connectivity index (χ4n) is 0.605. The second kappa shape index (κ2) is 3.34. The molecule has 4 heteroatoms. The molecule has 0 aliphatic heterocycles. The Morgan fingerprint density at radius 2 is 1.70 bits per heavy atom. The van der Waals surface area contributed by atoms with Crippen LogP contribution in [0.4, 0.5) is 0 Å². The van der Waals surface area contributed by atoms with E-state index in [1.54, 1.807) is 14.0 Å². The molecule has 1 N–H and O–H groups in total. The van der Waals surface area contributed by atoms with Crippen LogP contribution in [0.5, 0.6) is 0 Å². The van der Waals surface area contributed by atoms with E-state index in [2.05, 4.69) is 5.32 Å². The summed E-state index contributed by atoms with van der Waals surface area (Å²) in [7, 11) is -1.12. The normalized spacial score (nSPS) is 18.4. The van der Waals surface area contributed by atoms with Crippen LogP contribution in [-0.2, 0) is 9.84 Å². The van der Waals surface area contributed by atoms with Gasteiger partial charge in [0, 0.05) is 12.3 Å². The van der Waals surface area contributed by atoms with Gasteiger partial charge < -0.3 is 5.32 Å². The number of hydrogen-bond acceptors (Lipinski definition) is 3. The molecule has 0 aromatic carbocycles. The van der Waals surface area contributed by atoms with E-state index in [1.165, 1.54) is 6.26 Å². The summed E-state index contributed by atoms with van der Waals surface area (Å²) in [5.74, 6) is 0. The third kappa shape index (κ3) is 2.66. The third-order valence-corrected chi connectivity index (χ3v) is 3.59. The molecule has 10 heavy (non-hydrogen) atoms. The van der Waals surface area contributed by atoms with Crippen molar-refractivity contribution in [1.82, 2.24) is 5.32 Å². The fraction of sp³-hybridized carbons (Fsp3) is 1.00. The van der Waals surface area contributed by atoms with Gasteiger partial charge in [0.05, 0.1) is 5.25 Å². The Balaban J connectivity index is 4.23. The first-order valence-electron chi connectivity index (χ1n) is 3.25. The highest BCUT2D eigenvalue weighted by molar-refractivity contribution is 7.91. The van der Waals surface area contributed by atoms with Crippen LogP contribution in [0.15, 0.2) is 0 Å². The van der Waals surface area contributed by atoms with Crippen molar-refractivity contribution < 1.29 is 8.42 Å². The Hall–Kier alpha value is -0.0900. The summed E-state index contributed by atoms with van der Waals surface area (Å²) in [6.45, 7) is 3.56. The minimum Gasteiger partial charge on any atom is -0.316 e. The second-order valence-electron chi connectivity index (χ2n) is 2.61. The summed E-state index contributed by atoms with van der Waals surface area (Å²) in [6.07, 6.45) is 1.26. The van der Waals surface area contributed by atoms with Gasteiger partial charge in [-0.05, 0) is 20.9 Å². The number of rotatable bonds is 3. The molecule has 0 aliphatic carbocycles. The molecule has 0 saturated carbocycles. The van der Waals surface area contributed by atoms with Crippen LogP contribution in [0.2, 0.25) is 0 Å². The molecule has 0 aromatic rings. The molecule has 0 bridgehead atoms. The van der Waals surface area contributed by atoms with Gasteiger partial charge in [0.15, 0.2) is 9.84 Å². The maximum absolute atomic E-state index is 10.9. The highest BCUT2D eigenvalue weighted by Crippen LogP contribution is 2.02. The van der Waals surface area contributed by atoms with Crippen LogP contribution in [0.1, 0.15) is 13.8 Å². The first kappa shape index (κ1) is 9.91. The molecule has 0 radical (unpaired) electrons. The summed E-state index contributed by atoms with van der Waals surface area (Å²) in [4.78, 5) is 0. The van der Waals surface area contributed by atoms with Crippen molar-refractivity contribution in [2.24, 2.45) is 0 Å². The molecule has 0 unspecified atom stereocenters. The van der Waals surface area contributed by atoms with Gasteiger partial charge in [-0.25, -0.2) is 8.42 Å². The van der Waals surface area contributed by atoms with E-state index in [9.17, 15) is 8.42 Å². The number of hydrogen-bond donors (Lipinski definition) is 1. The molecule has 62 valence electrons. The summed E-state index contributed by atoms with van der Waals surface area (Å²) >= 11 is 0. The molecular formula is C6H15NO2S. The standard InChI is InChI=1S/C6H15NO2S/c1-5(7-3)6(2)10(4,8)9/h5-7H,1-4H3/t5-,6-/m0/s1. The average molecular weight is 165 g/mol. The second-order valence-corrected chi connectivity index (χ2v) is 5.01. The molecule has 0 aromatic heterocycles. The Labute approximate surface area is 62.7 Å². The minimum absolute atomic E-state index is 0.0231. The molecule has 0 aliphatic rings. The Morgan fingerprint density at radius 3 is 1.80 bits per heavy atom. The molecule has 0 amide bonds.